The van der Waals surface area contributed by atoms with Gasteiger partial charge in [-0.25, -0.2) is 4.98 Å². The third-order valence-corrected chi connectivity index (χ3v) is 4.83. The molecular weight excluding hydrogens is 374 g/mol. The summed E-state index contributed by atoms with van der Waals surface area (Å²) in [5.41, 5.74) is 8.76. The van der Waals surface area contributed by atoms with Gasteiger partial charge >= 0.3 is 0 Å². The van der Waals surface area contributed by atoms with Gasteiger partial charge in [-0.05, 0) is 41.8 Å². The monoisotopic (exact) mass is 395 g/mol. The smallest absolute Gasteiger partial charge is 0.243 e. The molecule has 0 bridgehead atoms. The molecule has 1 atom stereocenters. The molecule has 0 saturated carbocycles. The van der Waals surface area contributed by atoms with Crippen molar-refractivity contribution < 1.29 is 9.47 Å². The van der Waals surface area contributed by atoms with Gasteiger partial charge in [0.25, 0.3) is 0 Å². The van der Waals surface area contributed by atoms with Crippen LogP contribution in [0.3, 0.4) is 0 Å². The summed E-state index contributed by atoms with van der Waals surface area (Å²) in [6.07, 6.45) is 0.998. The number of pyridine rings is 1. The first-order chi connectivity index (χ1) is 13.3. The zero-order chi connectivity index (χ0) is 19.9. The first-order valence-corrected chi connectivity index (χ1v) is 9.46. The van der Waals surface area contributed by atoms with E-state index in [1.54, 1.807) is 12.3 Å². The lowest BCUT2D eigenvalue weighted by atomic mass is 9.86. The number of anilines is 2. The fraction of sp³-hybridized carbons (Fsp3) is 0.227. The minimum atomic E-state index is -0.696. The second-order valence-electron chi connectivity index (χ2n) is 7.67. The van der Waals surface area contributed by atoms with E-state index >= 15 is 0 Å². The highest BCUT2D eigenvalue weighted by Crippen LogP contribution is 2.45. The summed E-state index contributed by atoms with van der Waals surface area (Å²) >= 11 is 6.19. The van der Waals surface area contributed by atoms with E-state index in [0.29, 0.717) is 22.3 Å². The number of aromatic nitrogens is 1. The molecule has 0 radical (unpaired) electrons. The number of hydrogen-bond donors (Lipinski definition) is 1. The number of fused-ring (bicyclic) bond motifs is 1. The lowest BCUT2D eigenvalue weighted by Crippen LogP contribution is -2.39. The van der Waals surface area contributed by atoms with Crippen LogP contribution in [0.2, 0.25) is 5.02 Å². The van der Waals surface area contributed by atoms with Crippen molar-refractivity contribution in [2.75, 3.05) is 4.90 Å². The van der Waals surface area contributed by atoms with Gasteiger partial charge in [-0.2, -0.15) is 0 Å². The molecule has 0 amide bonds. The Bertz CT molecular complexity index is 1020. The highest BCUT2D eigenvalue weighted by atomic mass is 35.5. The average molecular weight is 396 g/mol. The molecule has 144 valence electrons. The van der Waals surface area contributed by atoms with Crippen LogP contribution in [0.15, 0.2) is 60.8 Å². The van der Waals surface area contributed by atoms with Crippen LogP contribution >= 0.6 is 11.6 Å². The van der Waals surface area contributed by atoms with Crippen LogP contribution in [-0.4, -0.2) is 11.3 Å². The number of halogens is 1. The molecule has 3 aromatic rings. The number of hydrogen-bond acceptors (Lipinski definition) is 5. The number of rotatable bonds is 3. The lowest BCUT2D eigenvalue weighted by Gasteiger charge is -2.26. The molecule has 0 saturated heterocycles. The normalized spacial score (nSPS) is 15.9. The van der Waals surface area contributed by atoms with E-state index in [-0.39, 0.29) is 5.41 Å². The van der Waals surface area contributed by atoms with E-state index in [4.69, 9.17) is 26.8 Å². The summed E-state index contributed by atoms with van der Waals surface area (Å²) in [5, 5.41) is 0.603. The van der Waals surface area contributed by atoms with E-state index in [0.717, 1.165) is 17.0 Å². The predicted molar refractivity (Wildman–Crippen MR) is 112 cm³/mol. The third kappa shape index (κ3) is 3.39. The molecule has 1 unspecified atom stereocenters. The molecule has 4 rings (SSSR count). The van der Waals surface area contributed by atoms with Gasteiger partial charge < -0.3 is 9.47 Å². The van der Waals surface area contributed by atoms with Crippen LogP contribution in [0.25, 0.3) is 0 Å². The molecule has 0 spiro atoms. The predicted octanol–water partition coefficient (Wildman–Crippen LogP) is 5.60. The maximum Gasteiger partial charge on any atom is 0.243 e. The third-order valence-electron chi connectivity index (χ3n) is 4.60. The van der Waals surface area contributed by atoms with Crippen molar-refractivity contribution >= 4 is 23.0 Å². The molecular formula is C22H22ClN3O2. The second kappa shape index (κ2) is 7.00. The van der Waals surface area contributed by atoms with Crippen LogP contribution in [-0.2, 0) is 5.41 Å². The van der Waals surface area contributed by atoms with Crippen molar-refractivity contribution in [3.05, 3.63) is 71.4 Å². The molecule has 28 heavy (non-hydrogen) atoms. The largest absolute Gasteiger partial charge is 0.455 e. The van der Waals surface area contributed by atoms with E-state index in [2.05, 4.69) is 31.8 Å². The SMILES string of the molecule is CC(C)(C)c1ccccc1Oc1ncccc1N1c2cc(Cl)ccc2OC1N. The number of nitrogens with two attached hydrogens (primary N) is 1. The molecule has 5 nitrogen and oxygen atoms in total. The Morgan fingerprint density at radius 3 is 2.64 bits per heavy atom. The number of nitrogens with zero attached hydrogens (tertiary/aromatic N) is 2. The van der Waals surface area contributed by atoms with Crippen LogP contribution < -0.4 is 20.1 Å². The van der Waals surface area contributed by atoms with Crippen LogP contribution in [0, 0.1) is 0 Å². The van der Waals surface area contributed by atoms with Gasteiger partial charge in [0, 0.05) is 16.8 Å². The Morgan fingerprint density at radius 2 is 1.86 bits per heavy atom. The highest BCUT2D eigenvalue weighted by molar-refractivity contribution is 6.31. The van der Waals surface area contributed by atoms with Crippen LogP contribution in [0.1, 0.15) is 26.3 Å². The Hall–Kier alpha value is -2.76. The van der Waals surface area contributed by atoms with E-state index in [1.165, 1.54) is 0 Å². The Labute approximate surface area is 169 Å². The molecule has 2 heterocycles. The van der Waals surface area contributed by atoms with Gasteiger partial charge in [-0.15, -0.1) is 0 Å². The van der Waals surface area contributed by atoms with Crippen molar-refractivity contribution in [1.82, 2.24) is 4.98 Å². The van der Waals surface area contributed by atoms with E-state index in [1.807, 2.05) is 47.4 Å². The summed E-state index contributed by atoms with van der Waals surface area (Å²) in [6.45, 7) is 6.45. The molecule has 0 fully saturated rings. The topological polar surface area (TPSA) is 60.6 Å². The fourth-order valence-electron chi connectivity index (χ4n) is 3.29. The zero-order valence-electron chi connectivity index (χ0n) is 16.0. The molecule has 2 N–H and O–H groups in total. The Morgan fingerprint density at radius 1 is 1.07 bits per heavy atom. The highest BCUT2D eigenvalue weighted by Gasteiger charge is 2.32. The minimum absolute atomic E-state index is 0.0706. The summed E-state index contributed by atoms with van der Waals surface area (Å²) in [7, 11) is 0. The van der Waals surface area contributed by atoms with Crippen LogP contribution in [0.5, 0.6) is 17.4 Å². The van der Waals surface area contributed by atoms with E-state index in [9.17, 15) is 0 Å². The van der Waals surface area contributed by atoms with Crippen LogP contribution in [0.4, 0.5) is 11.4 Å². The van der Waals surface area contributed by atoms with Gasteiger partial charge in [-0.3, -0.25) is 10.6 Å². The van der Waals surface area contributed by atoms with Gasteiger partial charge in [0.2, 0.25) is 12.2 Å². The minimum Gasteiger partial charge on any atom is -0.455 e. The second-order valence-corrected chi connectivity index (χ2v) is 8.10. The van der Waals surface area contributed by atoms with Gasteiger partial charge in [0.15, 0.2) is 0 Å². The first-order valence-electron chi connectivity index (χ1n) is 9.08. The summed E-state index contributed by atoms with van der Waals surface area (Å²) in [5.74, 6) is 1.88. The van der Waals surface area contributed by atoms with Gasteiger partial charge in [0.05, 0.1) is 5.69 Å². The summed E-state index contributed by atoms with van der Waals surface area (Å²) in [4.78, 5) is 6.30. The van der Waals surface area contributed by atoms with Gasteiger partial charge in [0.1, 0.15) is 17.2 Å². The first kappa shape index (κ1) is 18.6. The molecule has 1 aliphatic heterocycles. The van der Waals surface area contributed by atoms with Crippen molar-refractivity contribution in [3.8, 4) is 17.4 Å². The number of benzene rings is 2. The maximum absolute atomic E-state index is 6.28. The molecule has 0 aliphatic carbocycles. The Balaban J connectivity index is 1.77. The molecule has 2 aromatic carbocycles. The fourth-order valence-corrected chi connectivity index (χ4v) is 3.46. The van der Waals surface area contributed by atoms with Crippen molar-refractivity contribution in [1.29, 1.82) is 0 Å². The maximum atomic E-state index is 6.28. The summed E-state index contributed by atoms with van der Waals surface area (Å²) in [6, 6.07) is 17.1. The van der Waals surface area contributed by atoms with Crippen molar-refractivity contribution in [3.63, 3.8) is 0 Å². The quantitative estimate of drug-likeness (QED) is 0.625. The number of ether oxygens (including phenoxy) is 2. The van der Waals surface area contributed by atoms with Gasteiger partial charge in [-0.1, -0.05) is 50.6 Å². The van der Waals surface area contributed by atoms with Crippen molar-refractivity contribution in [2.24, 2.45) is 5.73 Å². The molecule has 6 heteroatoms. The number of para-hydroxylation sites is 1. The summed E-state index contributed by atoms with van der Waals surface area (Å²) < 4.78 is 12.1. The lowest BCUT2D eigenvalue weighted by molar-refractivity contribution is 0.242. The average Bonchev–Trinajstić information content (AvgIpc) is 2.97. The van der Waals surface area contributed by atoms with Crippen molar-refractivity contribution in [2.45, 2.75) is 32.5 Å². The zero-order valence-corrected chi connectivity index (χ0v) is 16.8. The Kier molecular flexibility index (Phi) is 4.65. The van der Waals surface area contributed by atoms with E-state index < -0.39 is 6.35 Å². The molecule has 1 aromatic heterocycles. The standard InChI is InChI=1S/C22H22ClN3O2/c1-22(2,3)15-7-4-5-9-18(15)27-20-16(8-6-12-25-20)26-17-13-14(23)10-11-19(17)28-21(26)24/h4-13,21H,24H2,1-3H3. The molecule has 1 aliphatic rings.